The lowest BCUT2D eigenvalue weighted by atomic mass is 9.96. The first-order valence-electron chi connectivity index (χ1n) is 9.84. The van der Waals surface area contributed by atoms with E-state index in [1.54, 1.807) is 6.21 Å². The van der Waals surface area contributed by atoms with Gasteiger partial charge in [0.25, 0.3) is 5.91 Å². The fraction of sp³-hybridized carbons (Fsp3) is 0.429. The Bertz CT molecular complexity index is 837. The van der Waals surface area contributed by atoms with Gasteiger partial charge in [-0.2, -0.15) is 9.98 Å². The monoisotopic (exact) mass is 381 g/mol. The molecule has 3 rings (SSSR count). The van der Waals surface area contributed by atoms with Crippen LogP contribution in [0, 0.1) is 0 Å². The molecule has 28 heavy (non-hydrogen) atoms. The SMILES string of the molecule is CCCCCCCCOc1ccc(C(N)C2=C3C(=O)N=C(N)N=C3N=C2)cc1. The zero-order valence-corrected chi connectivity index (χ0v) is 16.2. The Balaban J connectivity index is 1.56. The minimum absolute atomic E-state index is 0.0809. The Morgan fingerprint density at radius 3 is 2.50 bits per heavy atom. The van der Waals surface area contributed by atoms with E-state index in [1.165, 1.54) is 32.1 Å². The van der Waals surface area contributed by atoms with E-state index in [-0.39, 0.29) is 11.8 Å². The Kier molecular flexibility index (Phi) is 6.71. The van der Waals surface area contributed by atoms with Crippen molar-refractivity contribution < 1.29 is 9.53 Å². The standard InChI is InChI=1S/C21H27N5O2/c1-2-3-4-5-6-7-12-28-15-10-8-14(9-11-15)18(22)16-13-24-19-17(16)20(27)26-21(23)25-19/h8-11,13,18H,2-7,12,22H2,1H3,(H2,23,26,27). The molecule has 7 nitrogen and oxygen atoms in total. The molecule has 2 aliphatic rings. The van der Waals surface area contributed by atoms with Gasteiger partial charge in [-0.05, 0) is 24.1 Å². The van der Waals surface area contributed by atoms with Gasteiger partial charge in [-0.3, -0.25) is 4.79 Å². The number of fused-ring (bicyclic) bond motifs is 1. The summed E-state index contributed by atoms with van der Waals surface area (Å²) < 4.78 is 5.80. The summed E-state index contributed by atoms with van der Waals surface area (Å²) in [5.41, 5.74) is 13.6. The fourth-order valence-corrected chi connectivity index (χ4v) is 3.25. The molecule has 1 atom stereocenters. The van der Waals surface area contributed by atoms with Crippen molar-refractivity contribution in [3.63, 3.8) is 0 Å². The van der Waals surface area contributed by atoms with Gasteiger partial charge in [-0.15, -0.1) is 0 Å². The molecule has 0 aromatic heterocycles. The van der Waals surface area contributed by atoms with Crippen LogP contribution in [0.15, 0.2) is 50.4 Å². The van der Waals surface area contributed by atoms with Crippen LogP contribution >= 0.6 is 0 Å². The first-order valence-corrected chi connectivity index (χ1v) is 9.84. The van der Waals surface area contributed by atoms with Gasteiger partial charge in [0.2, 0.25) is 5.96 Å². The number of unbranched alkanes of at least 4 members (excludes halogenated alkanes) is 5. The maximum absolute atomic E-state index is 12.2. The first kappa shape index (κ1) is 19.9. The van der Waals surface area contributed by atoms with Gasteiger partial charge in [-0.25, -0.2) is 4.99 Å². The van der Waals surface area contributed by atoms with E-state index in [0.29, 0.717) is 17.8 Å². The second kappa shape index (κ2) is 9.41. The van der Waals surface area contributed by atoms with E-state index in [0.717, 1.165) is 17.7 Å². The number of hydrogen-bond donors (Lipinski definition) is 2. The molecule has 4 N–H and O–H groups in total. The lowest BCUT2D eigenvalue weighted by Crippen LogP contribution is -2.24. The molecule has 0 aliphatic carbocycles. The molecule has 1 amide bonds. The molecule has 0 saturated carbocycles. The maximum Gasteiger partial charge on any atom is 0.284 e. The molecule has 2 aliphatic heterocycles. The molecule has 2 heterocycles. The van der Waals surface area contributed by atoms with Crippen LogP contribution in [0.3, 0.4) is 0 Å². The number of hydrogen-bond acceptors (Lipinski definition) is 6. The van der Waals surface area contributed by atoms with E-state index in [2.05, 4.69) is 21.9 Å². The molecule has 7 heteroatoms. The van der Waals surface area contributed by atoms with Crippen molar-refractivity contribution in [3.8, 4) is 5.75 Å². The van der Waals surface area contributed by atoms with Crippen LogP contribution in [0.1, 0.15) is 57.1 Å². The topological polar surface area (TPSA) is 115 Å². The van der Waals surface area contributed by atoms with Crippen molar-refractivity contribution in [2.24, 2.45) is 26.4 Å². The van der Waals surface area contributed by atoms with E-state index in [4.69, 9.17) is 16.2 Å². The number of aliphatic imine (C=N–C) groups is 3. The second-order valence-electron chi connectivity index (χ2n) is 6.96. The summed E-state index contributed by atoms with van der Waals surface area (Å²) in [5, 5.41) is 0. The van der Waals surface area contributed by atoms with Crippen molar-refractivity contribution in [1.29, 1.82) is 0 Å². The Morgan fingerprint density at radius 1 is 1.04 bits per heavy atom. The third-order valence-corrected chi connectivity index (χ3v) is 4.83. The van der Waals surface area contributed by atoms with Crippen molar-refractivity contribution in [2.45, 2.75) is 51.5 Å². The summed E-state index contributed by atoms with van der Waals surface area (Å²) in [6, 6.07) is 7.11. The van der Waals surface area contributed by atoms with Gasteiger partial charge in [-0.1, -0.05) is 51.2 Å². The van der Waals surface area contributed by atoms with E-state index in [1.807, 2.05) is 24.3 Å². The molecular weight excluding hydrogens is 354 g/mol. The average molecular weight is 381 g/mol. The summed E-state index contributed by atoms with van der Waals surface area (Å²) in [6.07, 6.45) is 8.97. The number of amidine groups is 1. The van der Waals surface area contributed by atoms with Crippen molar-refractivity contribution in [3.05, 3.63) is 41.0 Å². The number of ether oxygens (including phenoxy) is 1. The molecule has 0 spiro atoms. The highest BCUT2D eigenvalue weighted by Gasteiger charge is 2.31. The zero-order chi connectivity index (χ0) is 19.9. The average Bonchev–Trinajstić information content (AvgIpc) is 3.11. The molecule has 1 aromatic carbocycles. The number of carbonyl (C=O) groups is 1. The largest absolute Gasteiger partial charge is 0.494 e. The Hall–Kier alpha value is -2.80. The second-order valence-corrected chi connectivity index (χ2v) is 6.96. The molecule has 148 valence electrons. The maximum atomic E-state index is 12.2. The number of rotatable bonds is 10. The van der Waals surface area contributed by atoms with Gasteiger partial charge in [0.1, 0.15) is 5.75 Å². The summed E-state index contributed by atoms with van der Waals surface area (Å²) >= 11 is 0. The lowest BCUT2D eigenvalue weighted by Gasteiger charge is -2.15. The quantitative estimate of drug-likeness (QED) is 0.606. The van der Waals surface area contributed by atoms with Crippen molar-refractivity contribution in [1.82, 2.24) is 0 Å². The smallest absolute Gasteiger partial charge is 0.284 e. The van der Waals surface area contributed by atoms with Crippen molar-refractivity contribution >= 4 is 23.9 Å². The number of guanidine groups is 1. The van der Waals surface area contributed by atoms with Crippen LogP contribution in [0.25, 0.3) is 0 Å². The summed E-state index contributed by atoms with van der Waals surface area (Å²) in [4.78, 5) is 24.0. The Labute approximate surface area is 165 Å². The fourth-order valence-electron chi connectivity index (χ4n) is 3.25. The zero-order valence-electron chi connectivity index (χ0n) is 16.2. The molecular formula is C21H27N5O2. The van der Waals surface area contributed by atoms with Gasteiger partial charge in [0.05, 0.1) is 18.2 Å². The van der Waals surface area contributed by atoms with Crippen molar-refractivity contribution in [2.75, 3.05) is 6.61 Å². The number of nitrogens with zero attached hydrogens (tertiary/aromatic N) is 3. The van der Waals surface area contributed by atoms with Crippen LogP contribution in [-0.2, 0) is 4.79 Å². The minimum atomic E-state index is -0.502. The van der Waals surface area contributed by atoms with Crippen LogP contribution in [0.4, 0.5) is 0 Å². The van der Waals surface area contributed by atoms with E-state index in [9.17, 15) is 4.79 Å². The van der Waals surface area contributed by atoms with Crippen LogP contribution in [0.2, 0.25) is 0 Å². The highest BCUT2D eigenvalue weighted by molar-refractivity contribution is 6.34. The third-order valence-electron chi connectivity index (χ3n) is 4.83. The van der Waals surface area contributed by atoms with Gasteiger partial charge >= 0.3 is 0 Å². The normalized spacial score (nSPS) is 16.7. The van der Waals surface area contributed by atoms with E-state index >= 15 is 0 Å². The molecule has 0 bridgehead atoms. The number of benzene rings is 1. The molecule has 0 radical (unpaired) electrons. The number of nitrogens with two attached hydrogens (primary N) is 2. The highest BCUT2D eigenvalue weighted by Crippen LogP contribution is 2.28. The third kappa shape index (κ3) is 4.72. The summed E-state index contributed by atoms with van der Waals surface area (Å²) in [5.74, 6) is 0.560. The predicted molar refractivity (Wildman–Crippen MR) is 112 cm³/mol. The molecule has 0 fully saturated rings. The lowest BCUT2D eigenvalue weighted by molar-refractivity contribution is -0.114. The number of carbonyl (C=O) groups excluding carboxylic acids is 1. The number of amides is 1. The Morgan fingerprint density at radius 2 is 1.75 bits per heavy atom. The molecule has 0 saturated heterocycles. The summed E-state index contributed by atoms with van der Waals surface area (Å²) in [6.45, 7) is 2.94. The molecule has 1 unspecified atom stereocenters. The van der Waals surface area contributed by atoms with Gasteiger partial charge in [0.15, 0.2) is 5.84 Å². The minimum Gasteiger partial charge on any atom is -0.494 e. The van der Waals surface area contributed by atoms with Crippen LogP contribution in [-0.4, -0.2) is 30.5 Å². The first-order chi connectivity index (χ1) is 13.6. The van der Waals surface area contributed by atoms with Gasteiger partial charge in [0, 0.05) is 11.8 Å². The van der Waals surface area contributed by atoms with Crippen LogP contribution in [0.5, 0.6) is 5.75 Å². The van der Waals surface area contributed by atoms with E-state index < -0.39 is 11.9 Å². The highest BCUT2D eigenvalue weighted by atomic mass is 16.5. The summed E-state index contributed by atoms with van der Waals surface area (Å²) in [7, 11) is 0. The predicted octanol–water partition coefficient (Wildman–Crippen LogP) is 3.06. The van der Waals surface area contributed by atoms with Crippen LogP contribution < -0.4 is 16.2 Å². The molecule has 1 aromatic rings. The van der Waals surface area contributed by atoms with Gasteiger partial charge < -0.3 is 16.2 Å².